The molecule has 1 amide bonds. The number of nitrogens with one attached hydrogen (secondary N) is 1. The van der Waals surface area contributed by atoms with Gasteiger partial charge in [0, 0.05) is 56.3 Å². The number of anilines is 1. The summed E-state index contributed by atoms with van der Waals surface area (Å²) in [4.78, 5) is 13.3. The van der Waals surface area contributed by atoms with Crippen molar-refractivity contribution in [2.24, 2.45) is 0 Å². The van der Waals surface area contributed by atoms with Crippen molar-refractivity contribution in [2.45, 2.75) is 59.4 Å². The predicted octanol–water partition coefficient (Wildman–Crippen LogP) is 4.69. The molecule has 1 radical (unpaired) electrons. The zero-order chi connectivity index (χ0) is 17.3. The number of aryl methyl sites for hydroxylation is 2. The van der Waals surface area contributed by atoms with E-state index in [1.807, 2.05) is 26.0 Å². The fourth-order valence-corrected chi connectivity index (χ4v) is 4.67. The Labute approximate surface area is 177 Å². The number of quaternary nitrogens is 1. The zero-order valence-corrected chi connectivity index (χ0v) is 19.3. The molecule has 1 aromatic rings. The second-order valence-electron chi connectivity index (χ2n) is 6.85. The fourth-order valence-electron chi connectivity index (χ4n) is 4.35. The van der Waals surface area contributed by atoms with E-state index in [4.69, 9.17) is 11.6 Å². The molecule has 0 spiro atoms. The fraction of sp³-hybridized carbons (Fsp3) is 0.632. The monoisotopic (exact) mass is 426 g/mol. The first-order valence-corrected chi connectivity index (χ1v) is 9.18. The molecular weight excluding hydrogens is 397 g/mol. The van der Waals surface area contributed by atoms with Crippen molar-refractivity contribution in [3.8, 4) is 0 Å². The van der Waals surface area contributed by atoms with E-state index in [2.05, 4.69) is 26.1 Å². The van der Waals surface area contributed by atoms with Crippen LogP contribution in [0.1, 0.15) is 51.2 Å². The van der Waals surface area contributed by atoms with Crippen molar-refractivity contribution < 1.29 is 42.0 Å². The van der Waals surface area contributed by atoms with Crippen LogP contribution < -0.4 is 5.32 Å². The number of carbonyl (C=O) groups excluding carboxylic acids is 1. The molecule has 1 saturated carbocycles. The number of amides is 1. The third-order valence-corrected chi connectivity index (χ3v) is 6.28. The Morgan fingerprint density at radius 1 is 1.12 bits per heavy atom. The zero-order valence-electron chi connectivity index (χ0n) is 15.7. The quantitative estimate of drug-likeness (QED) is 0.657. The molecule has 131 valence electrons. The molecule has 0 atom stereocenters. The molecule has 0 saturated heterocycles. The topological polar surface area (TPSA) is 29.1 Å². The SMILES string of the molecule is CC[N+](CC)(CC)C1(C(=O)Nc2c(C)cc(Cl)cc2C)CCC1.[Y]. The summed E-state index contributed by atoms with van der Waals surface area (Å²) >= 11 is 6.11. The van der Waals surface area contributed by atoms with Crippen molar-refractivity contribution >= 4 is 23.2 Å². The predicted molar refractivity (Wildman–Crippen MR) is 98.0 cm³/mol. The number of rotatable bonds is 6. The van der Waals surface area contributed by atoms with Gasteiger partial charge < -0.3 is 9.80 Å². The second-order valence-corrected chi connectivity index (χ2v) is 7.28. The molecule has 3 nitrogen and oxygen atoms in total. The van der Waals surface area contributed by atoms with Gasteiger partial charge in [0.1, 0.15) is 0 Å². The van der Waals surface area contributed by atoms with Gasteiger partial charge in [-0.05, 0) is 64.3 Å². The van der Waals surface area contributed by atoms with Gasteiger partial charge in [0.05, 0.1) is 19.6 Å². The minimum absolute atomic E-state index is 0. The van der Waals surface area contributed by atoms with E-state index >= 15 is 0 Å². The van der Waals surface area contributed by atoms with Gasteiger partial charge in [0.15, 0.2) is 5.54 Å². The van der Waals surface area contributed by atoms with E-state index in [0.717, 1.165) is 65.2 Å². The summed E-state index contributed by atoms with van der Waals surface area (Å²) in [7, 11) is 0. The number of likely N-dealkylation sites (N-methyl/N-ethyl adjacent to an activating group) is 1. The largest absolute Gasteiger partial charge is 0.320 e. The molecular formula is C19H30ClN2OY+. The molecule has 1 N–H and O–H groups in total. The van der Waals surface area contributed by atoms with Crippen LogP contribution in [0.5, 0.6) is 0 Å². The third kappa shape index (κ3) is 3.60. The summed E-state index contributed by atoms with van der Waals surface area (Å²) < 4.78 is 0.879. The van der Waals surface area contributed by atoms with Crippen LogP contribution in [0.3, 0.4) is 0 Å². The maximum atomic E-state index is 13.3. The Hall–Kier alpha value is 0.0439. The molecule has 0 aliphatic heterocycles. The van der Waals surface area contributed by atoms with Gasteiger partial charge in [-0.1, -0.05) is 11.6 Å². The Morgan fingerprint density at radius 2 is 1.58 bits per heavy atom. The maximum absolute atomic E-state index is 13.3. The Balaban J connectivity index is 0.00000288. The van der Waals surface area contributed by atoms with Crippen LogP contribution in [0.2, 0.25) is 5.02 Å². The van der Waals surface area contributed by atoms with Crippen molar-refractivity contribution in [3.63, 3.8) is 0 Å². The minimum atomic E-state index is -0.267. The van der Waals surface area contributed by atoms with Gasteiger partial charge in [-0.2, -0.15) is 0 Å². The van der Waals surface area contributed by atoms with Gasteiger partial charge in [0.25, 0.3) is 5.91 Å². The second kappa shape index (κ2) is 8.62. The molecule has 0 unspecified atom stereocenters. The molecule has 1 fully saturated rings. The summed E-state index contributed by atoms with van der Waals surface area (Å²) in [5.74, 6) is 0.183. The number of halogens is 1. The molecule has 24 heavy (non-hydrogen) atoms. The molecule has 0 heterocycles. The van der Waals surface area contributed by atoms with Crippen LogP contribution in [-0.4, -0.2) is 35.6 Å². The van der Waals surface area contributed by atoms with Crippen molar-refractivity contribution in [2.75, 3.05) is 25.0 Å². The third-order valence-electron chi connectivity index (χ3n) is 6.06. The van der Waals surface area contributed by atoms with Gasteiger partial charge in [-0.15, -0.1) is 0 Å². The number of hydrogen-bond acceptors (Lipinski definition) is 1. The first-order chi connectivity index (χ1) is 10.9. The molecule has 0 aromatic heterocycles. The van der Waals surface area contributed by atoms with Gasteiger partial charge in [-0.25, -0.2) is 0 Å². The van der Waals surface area contributed by atoms with Gasteiger partial charge in [-0.3, -0.25) is 4.79 Å². The number of carbonyl (C=O) groups is 1. The summed E-state index contributed by atoms with van der Waals surface area (Å²) in [6.45, 7) is 13.6. The van der Waals surface area contributed by atoms with Crippen LogP contribution in [0.4, 0.5) is 5.69 Å². The van der Waals surface area contributed by atoms with E-state index in [9.17, 15) is 4.79 Å². The maximum Gasteiger partial charge on any atom is 0.285 e. The van der Waals surface area contributed by atoms with Crippen LogP contribution >= 0.6 is 11.6 Å². The summed E-state index contributed by atoms with van der Waals surface area (Å²) in [6.07, 6.45) is 3.12. The summed E-state index contributed by atoms with van der Waals surface area (Å²) in [6, 6.07) is 3.83. The molecule has 1 aliphatic rings. The van der Waals surface area contributed by atoms with Crippen LogP contribution in [0, 0.1) is 13.8 Å². The average Bonchev–Trinajstić information content (AvgIpc) is 2.46. The van der Waals surface area contributed by atoms with Crippen molar-refractivity contribution in [3.05, 3.63) is 28.3 Å². The van der Waals surface area contributed by atoms with Gasteiger partial charge in [0.2, 0.25) is 0 Å². The van der Waals surface area contributed by atoms with Crippen LogP contribution in [0.15, 0.2) is 12.1 Å². The standard InChI is InChI=1S/C19H29ClN2O.Y/c1-6-22(7-2,8-3)19(10-9-11-19)18(23)21-17-14(4)12-16(20)13-15(17)5;/h12-13H,6-11H2,1-5H3;/p+1. The molecule has 2 rings (SSSR count). The molecule has 5 heteroatoms. The minimum Gasteiger partial charge on any atom is -0.320 e. The summed E-state index contributed by atoms with van der Waals surface area (Å²) in [5.41, 5.74) is 2.71. The molecule has 1 aromatic carbocycles. The van der Waals surface area contributed by atoms with E-state index in [-0.39, 0.29) is 44.2 Å². The number of nitrogens with zero attached hydrogens (tertiary/aromatic N) is 1. The van der Waals surface area contributed by atoms with E-state index in [0.29, 0.717) is 0 Å². The first kappa shape index (κ1) is 22.1. The van der Waals surface area contributed by atoms with Gasteiger partial charge >= 0.3 is 0 Å². The Bertz CT molecular complexity index is 564. The number of hydrogen-bond donors (Lipinski definition) is 1. The van der Waals surface area contributed by atoms with E-state index < -0.39 is 0 Å². The average molecular weight is 427 g/mol. The first-order valence-electron chi connectivity index (χ1n) is 8.80. The van der Waals surface area contributed by atoms with E-state index in [1.165, 1.54) is 0 Å². The van der Waals surface area contributed by atoms with Crippen molar-refractivity contribution in [1.82, 2.24) is 0 Å². The smallest absolute Gasteiger partial charge is 0.285 e. The Kier molecular flexibility index (Phi) is 7.93. The van der Waals surface area contributed by atoms with Crippen molar-refractivity contribution in [1.29, 1.82) is 0 Å². The Morgan fingerprint density at radius 3 is 1.92 bits per heavy atom. The van der Waals surface area contributed by atoms with Crippen LogP contribution in [0.25, 0.3) is 0 Å². The van der Waals surface area contributed by atoms with E-state index in [1.54, 1.807) is 0 Å². The normalized spacial score (nSPS) is 16.1. The number of benzene rings is 1. The summed E-state index contributed by atoms with van der Waals surface area (Å²) in [5, 5.41) is 3.96. The molecule has 1 aliphatic carbocycles. The van der Waals surface area contributed by atoms with Crippen LogP contribution in [-0.2, 0) is 37.5 Å². The molecule has 0 bridgehead atoms.